The van der Waals surface area contributed by atoms with E-state index in [0.717, 1.165) is 16.3 Å². The molecular formula is C23H24Cl2N6O3. The Kier molecular flexibility index (Phi) is 7.67. The van der Waals surface area contributed by atoms with Crippen molar-refractivity contribution in [2.75, 3.05) is 30.4 Å². The van der Waals surface area contributed by atoms with Crippen molar-refractivity contribution in [2.45, 2.75) is 25.0 Å². The maximum Gasteiger partial charge on any atom is 0.249 e. The first kappa shape index (κ1) is 25.3. The summed E-state index contributed by atoms with van der Waals surface area (Å²) in [6.07, 6.45) is 0.417. The third-order valence-corrected chi connectivity index (χ3v) is 6.21. The Morgan fingerprint density at radius 2 is 2.00 bits per heavy atom. The number of primary amides is 1. The van der Waals surface area contributed by atoms with Crippen LogP contribution in [0.25, 0.3) is 10.8 Å². The second-order valence-electron chi connectivity index (χ2n) is 7.95. The minimum Gasteiger partial charge on any atom is -0.495 e. The summed E-state index contributed by atoms with van der Waals surface area (Å²) in [4.78, 5) is 13.5. The molecule has 1 aliphatic heterocycles. The number of nitrogens with zero attached hydrogens (tertiary/aromatic N) is 4. The number of nitrogens with two attached hydrogens (primary N) is 1. The minimum atomic E-state index is -1.51. The first-order chi connectivity index (χ1) is 15.8. The fraction of sp³-hybridized carbons (Fsp3) is 0.304. The summed E-state index contributed by atoms with van der Waals surface area (Å²) in [6, 6.07) is 13.0. The molecule has 0 spiro atoms. The van der Waals surface area contributed by atoms with Gasteiger partial charge in [-0.25, -0.2) is 0 Å². The van der Waals surface area contributed by atoms with Gasteiger partial charge in [0, 0.05) is 43.2 Å². The Bertz CT molecular complexity index is 1260. The predicted molar refractivity (Wildman–Crippen MR) is 132 cm³/mol. The van der Waals surface area contributed by atoms with Crippen molar-refractivity contribution in [3.63, 3.8) is 0 Å². The number of amides is 1. The summed E-state index contributed by atoms with van der Waals surface area (Å²) in [5.41, 5.74) is 5.27. The van der Waals surface area contributed by atoms with E-state index in [1.807, 2.05) is 23.1 Å². The van der Waals surface area contributed by atoms with Gasteiger partial charge >= 0.3 is 0 Å². The predicted octanol–water partition coefficient (Wildman–Crippen LogP) is 3.01. The number of piperidine rings is 1. The van der Waals surface area contributed by atoms with Crippen LogP contribution in [-0.4, -0.2) is 47.0 Å². The Labute approximate surface area is 207 Å². The third kappa shape index (κ3) is 4.94. The highest BCUT2D eigenvalue weighted by Crippen LogP contribution is 2.33. The molecule has 2 heterocycles. The summed E-state index contributed by atoms with van der Waals surface area (Å²) in [6.45, 7) is 1.25. The molecule has 178 valence electrons. The van der Waals surface area contributed by atoms with E-state index in [1.54, 1.807) is 25.3 Å². The zero-order valence-corrected chi connectivity index (χ0v) is 20.0. The van der Waals surface area contributed by atoms with Gasteiger partial charge in [0.15, 0.2) is 11.6 Å². The van der Waals surface area contributed by atoms with Crippen LogP contribution in [0.4, 0.5) is 11.6 Å². The quantitative estimate of drug-likeness (QED) is 0.467. The summed E-state index contributed by atoms with van der Waals surface area (Å²) in [5.74, 6) is 1.04. The smallest absolute Gasteiger partial charge is 0.249 e. The van der Waals surface area contributed by atoms with Gasteiger partial charge in [-0.05, 0) is 35.9 Å². The third-order valence-electron chi connectivity index (χ3n) is 5.91. The molecule has 0 atom stereocenters. The highest BCUT2D eigenvalue weighted by molar-refractivity contribution is 6.32. The van der Waals surface area contributed by atoms with Crippen LogP contribution in [0.2, 0.25) is 5.02 Å². The minimum absolute atomic E-state index is 0. The van der Waals surface area contributed by atoms with Gasteiger partial charge in [-0.2, -0.15) is 5.26 Å². The van der Waals surface area contributed by atoms with Crippen molar-refractivity contribution in [3.05, 3.63) is 52.5 Å². The number of aliphatic hydroxyl groups is 1. The number of rotatable bonds is 6. The number of nitrogens with one attached hydrogen (secondary N) is 1. The highest BCUT2D eigenvalue weighted by atomic mass is 35.5. The van der Waals surface area contributed by atoms with E-state index in [4.69, 9.17) is 22.1 Å². The van der Waals surface area contributed by atoms with Gasteiger partial charge < -0.3 is 25.8 Å². The summed E-state index contributed by atoms with van der Waals surface area (Å²) in [5, 5.41) is 33.9. The van der Waals surface area contributed by atoms with Crippen molar-refractivity contribution in [2.24, 2.45) is 5.73 Å². The van der Waals surface area contributed by atoms with E-state index in [2.05, 4.69) is 21.6 Å². The molecule has 2 aromatic carbocycles. The molecule has 0 radical (unpaired) electrons. The molecule has 0 saturated carbocycles. The van der Waals surface area contributed by atoms with Gasteiger partial charge in [0.25, 0.3) is 0 Å². The van der Waals surface area contributed by atoms with Crippen LogP contribution < -0.4 is 20.7 Å². The fourth-order valence-corrected chi connectivity index (χ4v) is 4.19. The molecule has 9 nitrogen and oxygen atoms in total. The van der Waals surface area contributed by atoms with Crippen molar-refractivity contribution < 1.29 is 14.6 Å². The van der Waals surface area contributed by atoms with E-state index in [-0.39, 0.29) is 25.2 Å². The molecule has 4 N–H and O–H groups in total. The topological polar surface area (TPSA) is 137 Å². The molecule has 4 rings (SSSR count). The lowest BCUT2D eigenvalue weighted by Crippen LogP contribution is -2.52. The molecule has 0 aliphatic carbocycles. The molecule has 1 amide bonds. The van der Waals surface area contributed by atoms with E-state index in [1.165, 1.54) is 0 Å². The molecule has 34 heavy (non-hydrogen) atoms. The zero-order valence-electron chi connectivity index (χ0n) is 18.4. The van der Waals surface area contributed by atoms with Gasteiger partial charge in [-0.15, -0.1) is 22.6 Å². The first-order valence-corrected chi connectivity index (χ1v) is 10.8. The van der Waals surface area contributed by atoms with E-state index in [0.29, 0.717) is 47.6 Å². The number of anilines is 2. The van der Waals surface area contributed by atoms with Crippen molar-refractivity contribution in [3.8, 4) is 11.8 Å². The van der Waals surface area contributed by atoms with Gasteiger partial charge in [-0.1, -0.05) is 17.7 Å². The Hall–Kier alpha value is -3.32. The molecule has 3 aromatic rings. The number of carbonyl (C=O) groups is 1. The number of halogens is 2. The maximum atomic E-state index is 11.6. The summed E-state index contributed by atoms with van der Waals surface area (Å²) >= 11 is 6.22. The standard InChI is InChI=1S/C23H23ClN6O3.ClH/c1-33-19-5-3-15(11-18(19)24)13-27-20-17-10-14(12-25)2-4-16(17)21(29-28-20)30-8-6-23(32,7-9-30)22(26)31;/h2-5,10-11,32H,6-9,13H2,1H3,(H2,26,31)(H,27,28);1H. The monoisotopic (exact) mass is 502 g/mol. The Morgan fingerprint density at radius 3 is 2.62 bits per heavy atom. The molecule has 11 heteroatoms. The molecule has 1 fully saturated rings. The van der Waals surface area contributed by atoms with Crippen molar-refractivity contribution >= 4 is 52.3 Å². The lowest BCUT2D eigenvalue weighted by Gasteiger charge is -2.36. The van der Waals surface area contributed by atoms with Gasteiger partial charge in [-0.3, -0.25) is 4.79 Å². The van der Waals surface area contributed by atoms with Crippen LogP contribution in [0, 0.1) is 11.3 Å². The second-order valence-corrected chi connectivity index (χ2v) is 8.36. The second kappa shape index (κ2) is 10.3. The molecule has 1 aliphatic rings. The van der Waals surface area contributed by atoms with Crippen LogP contribution in [0.5, 0.6) is 5.75 Å². The number of carbonyl (C=O) groups excluding carboxylic acids is 1. The molecule has 0 bridgehead atoms. The maximum absolute atomic E-state index is 11.6. The number of ether oxygens (including phenoxy) is 1. The average molecular weight is 503 g/mol. The molecule has 1 aromatic heterocycles. The number of hydrogen-bond donors (Lipinski definition) is 3. The Morgan fingerprint density at radius 1 is 1.26 bits per heavy atom. The number of methoxy groups -OCH3 is 1. The molecular weight excluding hydrogens is 479 g/mol. The van der Waals surface area contributed by atoms with Gasteiger partial charge in [0.1, 0.15) is 11.4 Å². The lowest BCUT2D eigenvalue weighted by molar-refractivity contribution is -0.138. The molecule has 1 saturated heterocycles. The first-order valence-electron chi connectivity index (χ1n) is 10.4. The van der Waals surface area contributed by atoms with Crippen LogP contribution in [0.1, 0.15) is 24.0 Å². The van der Waals surface area contributed by atoms with Crippen molar-refractivity contribution in [1.29, 1.82) is 5.26 Å². The largest absolute Gasteiger partial charge is 0.495 e. The molecule has 0 unspecified atom stereocenters. The van der Waals surface area contributed by atoms with Crippen LogP contribution in [0.3, 0.4) is 0 Å². The number of nitriles is 1. The number of hydrogen-bond acceptors (Lipinski definition) is 8. The number of benzene rings is 2. The van der Waals surface area contributed by atoms with Crippen molar-refractivity contribution in [1.82, 2.24) is 10.2 Å². The van der Waals surface area contributed by atoms with Crippen LogP contribution in [0.15, 0.2) is 36.4 Å². The van der Waals surface area contributed by atoms with Gasteiger partial charge in [0.05, 0.1) is 23.8 Å². The van der Waals surface area contributed by atoms with Crippen LogP contribution in [-0.2, 0) is 11.3 Å². The lowest BCUT2D eigenvalue weighted by atomic mass is 9.90. The number of fused-ring (bicyclic) bond motifs is 1. The average Bonchev–Trinajstić information content (AvgIpc) is 2.82. The van der Waals surface area contributed by atoms with E-state index >= 15 is 0 Å². The Balaban J connectivity index is 0.00000324. The summed E-state index contributed by atoms with van der Waals surface area (Å²) < 4.78 is 5.19. The number of aromatic nitrogens is 2. The fourth-order valence-electron chi connectivity index (χ4n) is 3.91. The summed E-state index contributed by atoms with van der Waals surface area (Å²) in [7, 11) is 1.56. The SMILES string of the molecule is COc1ccc(CNc2nnc(N3CCC(O)(C(N)=O)CC3)c3ccc(C#N)cc23)cc1Cl.Cl. The van der Waals surface area contributed by atoms with E-state index in [9.17, 15) is 15.2 Å². The van der Waals surface area contributed by atoms with Crippen LogP contribution >= 0.6 is 24.0 Å². The highest BCUT2D eigenvalue weighted by Gasteiger charge is 2.38. The van der Waals surface area contributed by atoms with E-state index < -0.39 is 11.5 Å². The normalized spacial score (nSPS) is 14.7. The van der Waals surface area contributed by atoms with Gasteiger partial charge in [0.2, 0.25) is 5.91 Å². The zero-order chi connectivity index (χ0) is 23.6.